The summed E-state index contributed by atoms with van der Waals surface area (Å²) >= 11 is 0. The van der Waals surface area contributed by atoms with E-state index in [9.17, 15) is 8.42 Å². The van der Waals surface area contributed by atoms with E-state index in [-0.39, 0.29) is 6.54 Å². The Kier molecular flexibility index (Phi) is 5.10. The molecule has 0 fully saturated rings. The minimum Gasteiger partial charge on any atom is -0.481 e. The third kappa shape index (κ3) is 5.15. The Labute approximate surface area is 106 Å². The Morgan fingerprint density at radius 1 is 1.17 bits per heavy atom. The fourth-order valence-corrected chi connectivity index (χ4v) is 1.58. The maximum absolute atomic E-state index is 10.8. The van der Waals surface area contributed by atoms with Gasteiger partial charge in [0.2, 0.25) is 27.7 Å². The highest BCUT2D eigenvalue weighted by atomic mass is 32.2. The van der Waals surface area contributed by atoms with Crippen LogP contribution in [0.4, 0.5) is 5.95 Å². The van der Waals surface area contributed by atoms with Crippen molar-refractivity contribution in [3.63, 3.8) is 0 Å². The van der Waals surface area contributed by atoms with Gasteiger partial charge in [-0.3, -0.25) is 0 Å². The van der Waals surface area contributed by atoms with Crippen LogP contribution in [0, 0.1) is 0 Å². The summed E-state index contributed by atoms with van der Waals surface area (Å²) in [5, 5.41) is 2.86. The summed E-state index contributed by atoms with van der Waals surface area (Å²) in [5.74, 6) is 1.03. The number of nitrogens with one attached hydrogen (secondary N) is 2. The molecule has 0 unspecified atom stereocenters. The van der Waals surface area contributed by atoms with Crippen LogP contribution in [0.25, 0.3) is 0 Å². The highest BCUT2D eigenvalue weighted by molar-refractivity contribution is 7.88. The molecular formula is C9H16N4O4S. The lowest BCUT2D eigenvalue weighted by molar-refractivity contribution is 0.373. The van der Waals surface area contributed by atoms with Gasteiger partial charge < -0.3 is 14.8 Å². The predicted molar refractivity (Wildman–Crippen MR) is 66.5 cm³/mol. The van der Waals surface area contributed by atoms with E-state index >= 15 is 0 Å². The number of rotatable bonds is 7. The van der Waals surface area contributed by atoms with Crippen molar-refractivity contribution in [2.24, 2.45) is 0 Å². The van der Waals surface area contributed by atoms with Gasteiger partial charge in [0, 0.05) is 13.1 Å². The van der Waals surface area contributed by atoms with Gasteiger partial charge in [0.15, 0.2) is 0 Å². The highest BCUT2D eigenvalue weighted by Gasteiger charge is 2.05. The summed E-state index contributed by atoms with van der Waals surface area (Å²) in [6.07, 6.45) is 1.10. The largest absolute Gasteiger partial charge is 0.481 e. The predicted octanol–water partition coefficient (Wildman–Crippen LogP) is -0.545. The molecule has 0 amide bonds. The molecule has 0 aromatic carbocycles. The number of hydrogen-bond acceptors (Lipinski definition) is 7. The summed E-state index contributed by atoms with van der Waals surface area (Å²) in [4.78, 5) is 8.06. The van der Waals surface area contributed by atoms with E-state index in [1.807, 2.05) is 0 Å². The summed E-state index contributed by atoms with van der Waals surface area (Å²) in [7, 11) is -0.219. The SMILES string of the molecule is COc1cc(OC)nc(NCCNS(C)(=O)=O)n1. The number of nitrogens with zero attached hydrogens (tertiary/aromatic N) is 2. The summed E-state index contributed by atoms with van der Waals surface area (Å²) < 4.78 is 34.0. The van der Waals surface area contributed by atoms with Crippen molar-refractivity contribution in [3.8, 4) is 11.8 Å². The zero-order valence-electron chi connectivity index (χ0n) is 10.4. The Balaban J connectivity index is 2.56. The molecule has 0 aliphatic carbocycles. The maximum Gasteiger partial charge on any atom is 0.229 e. The highest BCUT2D eigenvalue weighted by Crippen LogP contribution is 2.16. The quantitative estimate of drug-likeness (QED) is 0.644. The molecular weight excluding hydrogens is 260 g/mol. The lowest BCUT2D eigenvalue weighted by Gasteiger charge is -2.08. The van der Waals surface area contributed by atoms with E-state index in [2.05, 4.69) is 20.0 Å². The Bertz CT molecular complexity index is 469. The standard InChI is InChI=1S/C9H16N4O4S/c1-16-7-6-8(17-2)13-9(12-7)10-4-5-11-18(3,14)15/h6,11H,4-5H2,1-3H3,(H,10,12,13). The average molecular weight is 276 g/mol. The van der Waals surface area contributed by atoms with Crippen LogP contribution in [0.3, 0.4) is 0 Å². The number of hydrogen-bond donors (Lipinski definition) is 2. The lowest BCUT2D eigenvalue weighted by Crippen LogP contribution is -2.28. The normalized spacial score (nSPS) is 11.1. The van der Waals surface area contributed by atoms with Crippen LogP contribution in [-0.4, -0.2) is 52.0 Å². The summed E-state index contributed by atoms with van der Waals surface area (Å²) in [5.41, 5.74) is 0. The first-order valence-corrected chi connectivity index (χ1v) is 6.99. The van der Waals surface area contributed by atoms with Crippen LogP contribution < -0.4 is 19.5 Å². The zero-order valence-corrected chi connectivity index (χ0v) is 11.2. The van der Waals surface area contributed by atoms with Crippen molar-refractivity contribution >= 4 is 16.0 Å². The molecule has 0 saturated heterocycles. The molecule has 1 aromatic rings. The zero-order chi connectivity index (χ0) is 13.6. The first-order chi connectivity index (χ1) is 8.44. The van der Waals surface area contributed by atoms with E-state index in [0.29, 0.717) is 24.3 Å². The van der Waals surface area contributed by atoms with Crippen molar-refractivity contribution in [1.29, 1.82) is 0 Å². The number of methoxy groups -OCH3 is 2. The molecule has 18 heavy (non-hydrogen) atoms. The molecule has 2 N–H and O–H groups in total. The molecule has 0 atom stereocenters. The van der Waals surface area contributed by atoms with Gasteiger partial charge in [-0.2, -0.15) is 9.97 Å². The average Bonchev–Trinajstić information content (AvgIpc) is 2.33. The maximum atomic E-state index is 10.8. The van der Waals surface area contributed by atoms with Crippen LogP contribution in [-0.2, 0) is 10.0 Å². The van der Waals surface area contributed by atoms with E-state index in [4.69, 9.17) is 9.47 Å². The monoisotopic (exact) mass is 276 g/mol. The van der Waals surface area contributed by atoms with Crippen LogP contribution in [0.5, 0.6) is 11.8 Å². The number of sulfonamides is 1. The second-order valence-electron chi connectivity index (χ2n) is 3.37. The van der Waals surface area contributed by atoms with Gasteiger partial charge in [-0.15, -0.1) is 0 Å². The molecule has 0 aliphatic rings. The summed E-state index contributed by atoms with van der Waals surface area (Å²) in [6, 6.07) is 1.54. The van der Waals surface area contributed by atoms with Gasteiger partial charge in [0.25, 0.3) is 0 Å². The number of aromatic nitrogens is 2. The number of ether oxygens (including phenoxy) is 2. The van der Waals surface area contributed by atoms with Crippen LogP contribution in [0.2, 0.25) is 0 Å². The van der Waals surface area contributed by atoms with Crippen LogP contribution >= 0.6 is 0 Å². The van der Waals surface area contributed by atoms with E-state index < -0.39 is 10.0 Å². The van der Waals surface area contributed by atoms with Gasteiger partial charge >= 0.3 is 0 Å². The first-order valence-electron chi connectivity index (χ1n) is 5.10. The van der Waals surface area contributed by atoms with Gasteiger partial charge in [-0.05, 0) is 0 Å². The molecule has 1 rings (SSSR count). The van der Waals surface area contributed by atoms with Crippen LogP contribution in [0.15, 0.2) is 6.07 Å². The molecule has 0 aliphatic heterocycles. The molecule has 8 nitrogen and oxygen atoms in total. The van der Waals surface area contributed by atoms with E-state index in [1.165, 1.54) is 14.2 Å². The molecule has 0 saturated carbocycles. The lowest BCUT2D eigenvalue weighted by atomic mass is 10.6. The van der Waals surface area contributed by atoms with Crippen molar-refractivity contribution in [3.05, 3.63) is 6.07 Å². The third-order valence-electron chi connectivity index (χ3n) is 1.87. The van der Waals surface area contributed by atoms with Crippen molar-refractivity contribution in [2.45, 2.75) is 0 Å². The topological polar surface area (TPSA) is 102 Å². The van der Waals surface area contributed by atoms with Gasteiger partial charge in [-0.1, -0.05) is 0 Å². The van der Waals surface area contributed by atoms with E-state index in [1.54, 1.807) is 6.07 Å². The van der Waals surface area contributed by atoms with Crippen molar-refractivity contribution in [2.75, 3.05) is 38.9 Å². The second kappa shape index (κ2) is 6.36. The minimum atomic E-state index is -3.18. The minimum absolute atomic E-state index is 0.238. The Morgan fingerprint density at radius 3 is 2.17 bits per heavy atom. The van der Waals surface area contributed by atoms with E-state index in [0.717, 1.165) is 6.26 Å². The fraction of sp³-hybridized carbons (Fsp3) is 0.556. The van der Waals surface area contributed by atoms with Gasteiger partial charge in [0.05, 0.1) is 26.5 Å². The van der Waals surface area contributed by atoms with Crippen molar-refractivity contribution in [1.82, 2.24) is 14.7 Å². The van der Waals surface area contributed by atoms with Crippen molar-refractivity contribution < 1.29 is 17.9 Å². The molecule has 9 heteroatoms. The van der Waals surface area contributed by atoms with Gasteiger partial charge in [0.1, 0.15) is 0 Å². The molecule has 102 valence electrons. The first kappa shape index (κ1) is 14.5. The smallest absolute Gasteiger partial charge is 0.229 e. The second-order valence-corrected chi connectivity index (χ2v) is 5.20. The fourth-order valence-electron chi connectivity index (χ4n) is 1.10. The molecule has 1 aromatic heterocycles. The van der Waals surface area contributed by atoms with Crippen LogP contribution in [0.1, 0.15) is 0 Å². The summed E-state index contributed by atoms with van der Waals surface area (Å²) in [6.45, 7) is 0.588. The molecule has 0 radical (unpaired) electrons. The Hall–Kier alpha value is -1.61. The number of anilines is 1. The van der Waals surface area contributed by atoms with Gasteiger partial charge in [-0.25, -0.2) is 13.1 Å². The molecule has 0 spiro atoms. The molecule has 1 heterocycles. The molecule has 0 bridgehead atoms. The third-order valence-corrected chi connectivity index (χ3v) is 2.60. The Morgan fingerprint density at radius 2 is 1.72 bits per heavy atom.